The van der Waals surface area contributed by atoms with Crippen LogP contribution in [0, 0.1) is 0 Å². The van der Waals surface area contributed by atoms with E-state index in [2.05, 4.69) is 10.3 Å². The summed E-state index contributed by atoms with van der Waals surface area (Å²) < 4.78 is 10.2. The molecule has 2 aromatic carbocycles. The number of methoxy groups -OCH3 is 1. The van der Waals surface area contributed by atoms with Crippen LogP contribution in [0.3, 0.4) is 0 Å². The zero-order valence-electron chi connectivity index (χ0n) is 11.5. The Morgan fingerprint density at radius 1 is 1.10 bits per heavy atom. The third-order valence-electron chi connectivity index (χ3n) is 2.99. The number of nitrogens with zero attached hydrogens (tertiary/aromatic N) is 3. The number of anilines is 1. The molecule has 0 amide bonds. The van der Waals surface area contributed by atoms with Crippen molar-refractivity contribution >= 4 is 28.5 Å². The molecular weight excluding hydrogens is 290 g/mol. The molecule has 108 valence electrons. The van der Waals surface area contributed by atoms with Crippen LogP contribution in [0.15, 0.2) is 50.8 Å². The fraction of sp³-hybridized carbons (Fsp3) is 0.143. The van der Waals surface area contributed by atoms with Gasteiger partial charge in [0.2, 0.25) is 0 Å². The van der Waals surface area contributed by atoms with Crippen LogP contribution in [-0.2, 0) is 0 Å². The molecule has 0 aliphatic carbocycles. The Kier molecular flexibility index (Phi) is 3.68. The highest BCUT2D eigenvalue weighted by atomic mass is 32.2. The second kappa shape index (κ2) is 5.63. The van der Waals surface area contributed by atoms with Gasteiger partial charge in [0.25, 0.3) is 0 Å². The van der Waals surface area contributed by atoms with Gasteiger partial charge in [0.05, 0.1) is 17.7 Å². The molecule has 1 N–H and O–H groups in total. The Hall–Kier alpha value is -2.25. The Morgan fingerprint density at radius 2 is 1.86 bits per heavy atom. The lowest BCUT2D eigenvalue weighted by atomic mass is 10.2. The Bertz CT molecular complexity index is 773. The monoisotopic (exact) mass is 303 g/mol. The largest absolute Gasteiger partial charge is 0.496 e. The molecule has 1 aromatic heterocycles. The number of hydrogen-bond acceptors (Lipinski definition) is 7. The summed E-state index contributed by atoms with van der Waals surface area (Å²) in [4.78, 5) is 1.84. The zero-order valence-corrected chi connectivity index (χ0v) is 12.3. The average Bonchev–Trinajstić information content (AvgIpc) is 2.97. The molecular formula is C14H13N3O3S. The molecule has 0 saturated carbocycles. The molecule has 0 fully saturated rings. The van der Waals surface area contributed by atoms with Gasteiger partial charge < -0.3 is 4.74 Å². The van der Waals surface area contributed by atoms with Gasteiger partial charge in [-0.25, -0.2) is 4.63 Å². The lowest BCUT2D eigenvalue weighted by Gasteiger charge is -2.12. The van der Waals surface area contributed by atoms with E-state index in [1.165, 1.54) is 18.8 Å². The molecule has 6 nitrogen and oxygen atoms in total. The molecule has 0 spiro atoms. The predicted octanol–water partition coefficient (Wildman–Crippen LogP) is 3.21. The fourth-order valence-electron chi connectivity index (χ4n) is 2.00. The fourth-order valence-corrected chi connectivity index (χ4v) is 3.00. The summed E-state index contributed by atoms with van der Waals surface area (Å²) in [6.45, 7) is 0. The van der Waals surface area contributed by atoms with E-state index in [1.807, 2.05) is 30.3 Å². The molecule has 0 atom stereocenters. The van der Waals surface area contributed by atoms with Crippen LogP contribution in [0.5, 0.6) is 5.75 Å². The van der Waals surface area contributed by atoms with Gasteiger partial charge in [-0.15, -0.1) is 0 Å². The SMILES string of the molecule is COc1ccccc1Sc1ccc(N(C)O)c2nonc12. The van der Waals surface area contributed by atoms with Gasteiger partial charge in [0.15, 0.2) is 11.0 Å². The van der Waals surface area contributed by atoms with Crippen molar-refractivity contribution in [2.45, 2.75) is 9.79 Å². The maximum absolute atomic E-state index is 9.60. The van der Waals surface area contributed by atoms with Crippen molar-refractivity contribution in [2.24, 2.45) is 0 Å². The van der Waals surface area contributed by atoms with E-state index in [0.717, 1.165) is 20.6 Å². The second-order valence-electron chi connectivity index (χ2n) is 4.32. The van der Waals surface area contributed by atoms with Crippen molar-refractivity contribution in [1.82, 2.24) is 10.3 Å². The highest BCUT2D eigenvalue weighted by Crippen LogP contribution is 2.39. The molecule has 0 unspecified atom stereocenters. The van der Waals surface area contributed by atoms with E-state index < -0.39 is 0 Å². The molecule has 0 saturated heterocycles. The first kappa shape index (κ1) is 13.7. The number of fused-ring (bicyclic) bond motifs is 1. The number of ether oxygens (including phenoxy) is 1. The normalized spacial score (nSPS) is 10.8. The molecule has 0 radical (unpaired) electrons. The first-order valence-electron chi connectivity index (χ1n) is 6.19. The lowest BCUT2D eigenvalue weighted by molar-refractivity contribution is 0.279. The summed E-state index contributed by atoms with van der Waals surface area (Å²) in [6, 6.07) is 11.4. The summed E-state index contributed by atoms with van der Waals surface area (Å²) >= 11 is 1.51. The minimum absolute atomic E-state index is 0.514. The van der Waals surface area contributed by atoms with Crippen molar-refractivity contribution in [3.63, 3.8) is 0 Å². The van der Waals surface area contributed by atoms with E-state index in [0.29, 0.717) is 16.7 Å². The number of para-hydroxylation sites is 1. The van der Waals surface area contributed by atoms with Gasteiger partial charge in [-0.2, -0.15) is 0 Å². The summed E-state index contributed by atoms with van der Waals surface area (Å²) in [5.74, 6) is 0.787. The van der Waals surface area contributed by atoms with Crippen LogP contribution in [0.2, 0.25) is 0 Å². The van der Waals surface area contributed by atoms with Crippen LogP contribution >= 0.6 is 11.8 Å². The van der Waals surface area contributed by atoms with Crippen molar-refractivity contribution in [3.05, 3.63) is 36.4 Å². The van der Waals surface area contributed by atoms with Gasteiger partial charge in [0, 0.05) is 11.9 Å². The topological polar surface area (TPSA) is 71.6 Å². The van der Waals surface area contributed by atoms with Crippen LogP contribution in [0.1, 0.15) is 0 Å². The number of aromatic nitrogens is 2. The maximum atomic E-state index is 9.60. The van der Waals surface area contributed by atoms with Crippen LogP contribution < -0.4 is 9.80 Å². The molecule has 0 aliphatic heterocycles. The minimum atomic E-state index is 0.514. The first-order valence-corrected chi connectivity index (χ1v) is 7.01. The predicted molar refractivity (Wildman–Crippen MR) is 79.1 cm³/mol. The van der Waals surface area contributed by atoms with Crippen molar-refractivity contribution in [3.8, 4) is 5.75 Å². The molecule has 3 aromatic rings. The highest BCUT2D eigenvalue weighted by molar-refractivity contribution is 7.99. The van der Waals surface area contributed by atoms with Crippen molar-refractivity contribution < 1.29 is 14.6 Å². The molecule has 3 rings (SSSR count). The van der Waals surface area contributed by atoms with Crippen molar-refractivity contribution in [2.75, 3.05) is 19.2 Å². The number of rotatable bonds is 4. The molecule has 7 heteroatoms. The summed E-state index contributed by atoms with van der Waals surface area (Å²) in [5.41, 5.74) is 1.65. The standard InChI is InChI=1S/C14H13N3O3S/c1-17(18)9-7-8-12(14-13(9)15-20-16-14)21-11-6-4-3-5-10(11)19-2/h3-8,18H,1-2H3. The molecule has 1 heterocycles. The molecule has 0 bridgehead atoms. The summed E-state index contributed by atoms with van der Waals surface area (Å²) in [5, 5.41) is 18.4. The van der Waals surface area contributed by atoms with Gasteiger partial charge in [0.1, 0.15) is 5.75 Å². The maximum Gasteiger partial charge on any atom is 0.161 e. The molecule has 0 aliphatic rings. The van der Waals surface area contributed by atoms with E-state index in [-0.39, 0.29) is 0 Å². The van der Waals surface area contributed by atoms with Gasteiger partial charge in [-0.1, -0.05) is 23.9 Å². The third kappa shape index (κ3) is 2.53. The Labute approximate surface area is 125 Å². The minimum Gasteiger partial charge on any atom is -0.496 e. The van der Waals surface area contributed by atoms with E-state index in [9.17, 15) is 5.21 Å². The van der Waals surface area contributed by atoms with E-state index in [4.69, 9.17) is 9.37 Å². The average molecular weight is 303 g/mol. The first-order chi connectivity index (χ1) is 10.2. The third-order valence-corrected chi connectivity index (χ3v) is 4.10. The number of hydrogen-bond donors (Lipinski definition) is 1. The Balaban J connectivity index is 2.06. The number of hydroxylamine groups is 1. The Morgan fingerprint density at radius 3 is 2.62 bits per heavy atom. The van der Waals surface area contributed by atoms with E-state index >= 15 is 0 Å². The zero-order chi connectivity index (χ0) is 14.8. The van der Waals surface area contributed by atoms with Crippen LogP contribution in [0.4, 0.5) is 5.69 Å². The van der Waals surface area contributed by atoms with Crippen LogP contribution in [-0.4, -0.2) is 29.7 Å². The van der Waals surface area contributed by atoms with Crippen molar-refractivity contribution in [1.29, 1.82) is 0 Å². The molecule has 21 heavy (non-hydrogen) atoms. The van der Waals surface area contributed by atoms with Gasteiger partial charge >= 0.3 is 0 Å². The summed E-state index contributed by atoms with van der Waals surface area (Å²) in [7, 11) is 3.16. The summed E-state index contributed by atoms with van der Waals surface area (Å²) in [6.07, 6.45) is 0. The number of benzene rings is 2. The highest BCUT2D eigenvalue weighted by Gasteiger charge is 2.15. The van der Waals surface area contributed by atoms with Crippen LogP contribution in [0.25, 0.3) is 11.0 Å². The quantitative estimate of drug-likeness (QED) is 0.742. The van der Waals surface area contributed by atoms with E-state index in [1.54, 1.807) is 13.2 Å². The smallest absolute Gasteiger partial charge is 0.161 e. The second-order valence-corrected chi connectivity index (χ2v) is 5.40. The lowest BCUT2D eigenvalue weighted by Crippen LogP contribution is -2.10. The van der Waals surface area contributed by atoms with Gasteiger partial charge in [-0.05, 0) is 34.6 Å². The van der Waals surface area contributed by atoms with Gasteiger partial charge in [-0.3, -0.25) is 10.3 Å².